The lowest BCUT2D eigenvalue weighted by molar-refractivity contribution is 0.130. The van der Waals surface area contributed by atoms with E-state index in [9.17, 15) is 4.79 Å². The molecule has 128 valence electrons. The van der Waals surface area contributed by atoms with E-state index >= 15 is 0 Å². The molecule has 2 aromatic rings. The van der Waals surface area contributed by atoms with Gasteiger partial charge in [0.1, 0.15) is 5.76 Å². The van der Waals surface area contributed by atoms with Crippen molar-refractivity contribution in [1.29, 1.82) is 0 Å². The Balaban J connectivity index is 1.37. The maximum Gasteiger partial charge on any atom is 0.317 e. The number of piperazine rings is 1. The minimum absolute atomic E-state index is 0.00896. The number of halogens is 1. The van der Waals surface area contributed by atoms with Crippen LogP contribution in [0, 0.1) is 0 Å². The topological polar surface area (TPSA) is 48.7 Å². The molecule has 3 rings (SSSR count). The molecular formula is C18H22ClN3O2. The summed E-state index contributed by atoms with van der Waals surface area (Å²) >= 11 is 5.97. The summed E-state index contributed by atoms with van der Waals surface area (Å²) in [7, 11) is 0. The van der Waals surface area contributed by atoms with Crippen LogP contribution in [0.1, 0.15) is 11.3 Å². The number of carbonyl (C=O) groups is 1. The van der Waals surface area contributed by atoms with E-state index in [1.54, 1.807) is 6.26 Å². The third kappa shape index (κ3) is 4.76. The van der Waals surface area contributed by atoms with Gasteiger partial charge in [0, 0.05) is 37.7 Å². The molecule has 0 aliphatic carbocycles. The van der Waals surface area contributed by atoms with Gasteiger partial charge in [-0.2, -0.15) is 0 Å². The number of nitrogens with one attached hydrogen (secondary N) is 1. The monoisotopic (exact) mass is 347 g/mol. The third-order valence-corrected chi connectivity index (χ3v) is 4.43. The molecule has 24 heavy (non-hydrogen) atoms. The second-order valence-electron chi connectivity index (χ2n) is 5.95. The zero-order chi connectivity index (χ0) is 16.8. The summed E-state index contributed by atoms with van der Waals surface area (Å²) in [6.07, 6.45) is 2.48. The largest absolute Gasteiger partial charge is 0.468 e. The Morgan fingerprint density at radius 3 is 2.71 bits per heavy atom. The average Bonchev–Trinajstić information content (AvgIpc) is 3.08. The molecule has 0 atom stereocenters. The first-order chi connectivity index (χ1) is 11.7. The van der Waals surface area contributed by atoms with Crippen LogP contribution in [0.25, 0.3) is 0 Å². The quantitative estimate of drug-likeness (QED) is 0.904. The van der Waals surface area contributed by atoms with Gasteiger partial charge in [-0.1, -0.05) is 23.7 Å². The molecule has 2 amide bonds. The predicted molar refractivity (Wildman–Crippen MR) is 94.1 cm³/mol. The second kappa shape index (κ2) is 8.22. The lowest BCUT2D eigenvalue weighted by atomic mass is 10.1. The molecule has 0 saturated carbocycles. The van der Waals surface area contributed by atoms with E-state index in [0.717, 1.165) is 55.5 Å². The number of furan rings is 1. The van der Waals surface area contributed by atoms with Gasteiger partial charge in [-0.3, -0.25) is 4.90 Å². The van der Waals surface area contributed by atoms with Gasteiger partial charge in [0.25, 0.3) is 0 Å². The first kappa shape index (κ1) is 16.9. The van der Waals surface area contributed by atoms with E-state index < -0.39 is 0 Å². The van der Waals surface area contributed by atoms with Crippen LogP contribution < -0.4 is 5.32 Å². The van der Waals surface area contributed by atoms with E-state index in [2.05, 4.69) is 10.2 Å². The van der Waals surface area contributed by atoms with Gasteiger partial charge >= 0.3 is 6.03 Å². The normalized spacial score (nSPS) is 15.5. The summed E-state index contributed by atoms with van der Waals surface area (Å²) in [5.41, 5.74) is 1.13. The molecule has 1 saturated heterocycles. The predicted octanol–water partition coefficient (Wildman–Crippen LogP) is 3.00. The van der Waals surface area contributed by atoms with E-state index in [1.807, 2.05) is 41.3 Å². The fourth-order valence-corrected chi connectivity index (χ4v) is 3.06. The zero-order valence-electron chi connectivity index (χ0n) is 13.6. The molecule has 6 heteroatoms. The van der Waals surface area contributed by atoms with E-state index in [4.69, 9.17) is 16.0 Å². The maximum atomic E-state index is 12.2. The Kier molecular flexibility index (Phi) is 5.77. The standard InChI is InChI=1S/C18H22ClN3O2/c19-16-4-1-3-15(13-16)6-7-20-18(23)22-10-8-21(9-11-22)14-17-5-2-12-24-17/h1-5,12-13H,6-11,14H2,(H,20,23). The molecule has 1 N–H and O–H groups in total. The molecule has 1 aromatic heterocycles. The van der Waals surface area contributed by atoms with Crippen molar-refractivity contribution in [3.8, 4) is 0 Å². The Bertz CT molecular complexity index is 652. The van der Waals surface area contributed by atoms with Crippen LogP contribution >= 0.6 is 11.6 Å². The Labute approximate surface area is 147 Å². The number of hydrogen-bond acceptors (Lipinski definition) is 3. The fraction of sp³-hybridized carbons (Fsp3) is 0.389. The van der Waals surface area contributed by atoms with Crippen molar-refractivity contribution in [2.24, 2.45) is 0 Å². The molecule has 1 aromatic carbocycles. The van der Waals surface area contributed by atoms with Crippen molar-refractivity contribution >= 4 is 17.6 Å². The molecule has 0 unspecified atom stereocenters. The van der Waals surface area contributed by atoms with Crippen molar-refractivity contribution in [1.82, 2.24) is 15.1 Å². The number of nitrogens with zero attached hydrogens (tertiary/aromatic N) is 2. The Morgan fingerprint density at radius 2 is 2.00 bits per heavy atom. The van der Waals surface area contributed by atoms with Gasteiger partial charge in [-0.25, -0.2) is 4.79 Å². The highest BCUT2D eigenvalue weighted by Crippen LogP contribution is 2.11. The lowest BCUT2D eigenvalue weighted by Gasteiger charge is -2.34. The molecule has 0 bridgehead atoms. The molecule has 0 radical (unpaired) electrons. The number of amides is 2. The maximum absolute atomic E-state index is 12.2. The minimum atomic E-state index is 0.00896. The van der Waals surface area contributed by atoms with Crippen LogP contribution in [0.3, 0.4) is 0 Å². The molecule has 0 spiro atoms. The van der Waals surface area contributed by atoms with Crippen LogP contribution in [0.15, 0.2) is 47.1 Å². The van der Waals surface area contributed by atoms with Crippen LogP contribution in [-0.4, -0.2) is 48.6 Å². The summed E-state index contributed by atoms with van der Waals surface area (Å²) in [5.74, 6) is 0.967. The van der Waals surface area contributed by atoms with Crippen molar-refractivity contribution in [2.75, 3.05) is 32.7 Å². The zero-order valence-corrected chi connectivity index (χ0v) is 14.3. The summed E-state index contributed by atoms with van der Waals surface area (Å²) in [5, 5.41) is 3.72. The van der Waals surface area contributed by atoms with Crippen molar-refractivity contribution in [3.05, 3.63) is 59.0 Å². The van der Waals surface area contributed by atoms with Crippen LogP contribution in [0.4, 0.5) is 4.79 Å². The molecule has 2 heterocycles. The van der Waals surface area contributed by atoms with Gasteiger partial charge in [-0.15, -0.1) is 0 Å². The highest BCUT2D eigenvalue weighted by atomic mass is 35.5. The van der Waals surface area contributed by atoms with Crippen LogP contribution in [0.5, 0.6) is 0 Å². The SMILES string of the molecule is O=C(NCCc1cccc(Cl)c1)N1CCN(Cc2ccco2)CC1. The number of hydrogen-bond donors (Lipinski definition) is 1. The number of carbonyl (C=O) groups excluding carboxylic acids is 1. The molecule has 1 fully saturated rings. The van der Waals surface area contributed by atoms with Crippen molar-refractivity contribution < 1.29 is 9.21 Å². The van der Waals surface area contributed by atoms with Crippen LogP contribution in [-0.2, 0) is 13.0 Å². The fourth-order valence-electron chi connectivity index (χ4n) is 2.85. The summed E-state index contributed by atoms with van der Waals surface area (Å²) in [6.45, 7) is 4.63. The van der Waals surface area contributed by atoms with Crippen molar-refractivity contribution in [2.45, 2.75) is 13.0 Å². The highest BCUT2D eigenvalue weighted by Gasteiger charge is 2.21. The molecule has 1 aliphatic rings. The average molecular weight is 348 g/mol. The van der Waals surface area contributed by atoms with E-state index in [-0.39, 0.29) is 6.03 Å². The van der Waals surface area contributed by atoms with Crippen molar-refractivity contribution in [3.63, 3.8) is 0 Å². The molecule has 5 nitrogen and oxygen atoms in total. The Morgan fingerprint density at radius 1 is 1.17 bits per heavy atom. The summed E-state index contributed by atoms with van der Waals surface area (Å²) in [6, 6.07) is 11.6. The number of benzene rings is 1. The number of rotatable bonds is 5. The van der Waals surface area contributed by atoms with Crippen LogP contribution in [0.2, 0.25) is 5.02 Å². The van der Waals surface area contributed by atoms with E-state index in [0.29, 0.717) is 6.54 Å². The van der Waals surface area contributed by atoms with E-state index in [1.165, 1.54) is 0 Å². The number of urea groups is 1. The second-order valence-corrected chi connectivity index (χ2v) is 6.39. The minimum Gasteiger partial charge on any atom is -0.468 e. The Hall–Kier alpha value is -1.98. The third-order valence-electron chi connectivity index (χ3n) is 4.20. The van der Waals surface area contributed by atoms with Gasteiger partial charge < -0.3 is 14.6 Å². The van der Waals surface area contributed by atoms with Gasteiger partial charge in [0.15, 0.2) is 0 Å². The smallest absolute Gasteiger partial charge is 0.317 e. The summed E-state index contributed by atoms with van der Waals surface area (Å²) < 4.78 is 5.37. The first-order valence-corrected chi connectivity index (χ1v) is 8.60. The van der Waals surface area contributed by atoms with Gasteiger partial charge in [0.05, 0.1) is 12.8 Å². The van der Waals surface area contributed by atoms with Gasteiger partial charge in [-0.05, 0) is 36.2 Å². The highest BCUT2D eigenvalue weighted by molar-refractivity contribution is 6.30. The molecule has 1 aliphatic heterocycles. The first-order valence-electron chi connectivity index (χ1n) is 8.23. The molecular weight excluding hydrogens is 326 g/mol. The summed E-state index contributed by atoms with van der Waals surface area (Å²) in [4.78, 5) is 16.4. The van der Waals surface area contributed by atoms with Gasteiger partial charge in [0.2, 0.25) is 0 Å². The lowest BCUT2D eigenvalue weighted by Crippen LogP contribution is -2.51.